The van der Waals surface area contributed by atoms with Gasteiger partial charge in [-0.3, -0.25) is 0 Å². The van der Waals surface area contributed by atoms with E-state index in [9.17, 15) is 0 Å². The lowest BCUT2D eigenvalue weighted by molar-refractivity contribution is 0.107. The molecule has 0 unspecified atom stereocenters. The Morgan fingerprint density at radius 1 is 1.14 bits per heavy atom. The van der Waals surface area contributed by atoms with Gasteiger partial charge >= 0.3 is 0 Å². The highest BCUT2D eigenvalue weighted by Gasteiger charge is 2.29. The molecule has 1 heterocycles. The SMILES string of the molecule is C=Cc1cc2c(cc1C=C)/C(=C/C)CC(C)(C)O2.CCC. The van der Waals surface area contributed by atoms with E-state index in [2.05, 4.69) is 66.0 Å². The zero-order chi connectivity index (χ0) is 16.0. The Balaban J connectivity index is 0.000000677. The van der Waals surface area contributed by atoms with Crippen molar-refractivity contribution in [3.8, 4) is 5.75 Å². The fourth-order valence-corrected chi connectivity index (χ4v) is 2.45. The topological polar surface area (TPSA) is 9.23 Å². The summed E-state index contributed by atoms with van der Waals surface area (Å²) in [6.07, 6.45) is 8.06. The molecule has 114 valence electrons. The molecule has 0 fully saturated rings. The normalized spacial score (nSPS) is 17.1. The molecular weight excluding hydrogens is 256 g/mol. The van der Waals surface area contributed by atoms with E-state index in [1.807, 2.05) is 12.2 Å². The zero-order valence-corrected chi connectivity index (χ0v) is 14.1. The Hall–Kier alpha value is -1.76. The van der Waals surface area contributed by atoms with Gasteiger partial charge in [-0.25, -0.2) is 0 Å². The molecule has 0 aliphatic carbocycles. The molecule has 1 aliphatic heterocycles. The third-order valence-corrected chi connectivity index (χ3v) is 3.32. The average Bonchev–Trinajstić information content (AvgIpc) is 2.44. The Morgan fingerprint density at radius 2 is 1.67 bits per heavy atom. The maximum atomic E-state index is 6.07. The molecule has 2 rings (SSSR count). The molecule has 0 spiro atoms. The molecule has 1 nitrogen and oxygen atoms in total. The highest BCUT2D eigenvalue weighted by molar-refractivity contribution is 5.78. The molecule has 0 N–H and O–H groups in total. The van der Waals surface area contributed by atoms with Gasteiger partial charge in [0.25, 0.3) is 0 Å². The van der Waals surface area contributed by atoms with E-state index in [1.54, 1.807) is 0 Å². The van der Waals surface area contributed by atoms with E-state index >= 15 is 0 Å². The summed E-state index contributed by atoms with van der Waals surface area (Å²) in [6.45, 7) is 18.3. The van der Waals surface area contributed by atoms with E-state index < -0.39 is 0 Å². The molecule has 21 heavy (non-hydrogen) atoms. The van der Waals surface area contributed by atoms with Gasteiger partial charge in [0.2, 0.25) is 0 Å². The molecule has 1 heteroatoms. The number of hydrogen-bond donors (Lipinski definition) is 0. The molecule has 0 radical (unpaired) electrons. The first-order chi connectivity index (χ1) is 9.92. The van der Waals surface area contributed by atoms with Gasteiger partial charge in [0.15, 0.2) is 0 Å². The van der Waals surface area contributed by atoms with Crippen LogP contribution in [0.3, 0.4) is 0 Å². The largest absolute Gasteiger partial charge is 0.487 e. The first kappa shape index (κ1) is 17.3. The summed E-state index contributed by atoms with van der Waals surface area (Å²) in [5, 5.41) is 0. The number of fused-ring (bicyclic) bond motifs is 1. The molecular formula is C20H28O. The number of benzene rings is 1. The minimum atomic E-state index is -0.150. The van der Waals surface area contributed by atoms with Crippen molar-refractivity contribution < 1.29 is 4.74 Å². The van der Waals surface area contributed by atoms with Gasteiger partial charge in [0.1, 0.15) is 11.4 Å². The summed E-state index contributed by atoms with van der Waals surface area (Å²) in [5.74, 6) is 0.944. The zero-order valence-electron chi connectivity index (χ0n) is 14.1. The number of allylic oxidation sites excluding steroid dienone is 1. The second-order valence-corrected chi connectivity index (χ2v) is 5.95. The maximum absolute atomic E-state index is 6.07. The van der Waals surface area contributed by atoms with Crippen LogP contribution in [0.2, 0.25) is 0 Å². The quantitative estimate of drug-likeness (QED) is 0.614. The standard InChI is InChI=1S/C17H20O.C3H8/c1-6-12-9-15-14(8-3)11-17(4,5)18-16(15)10-13(12)7-2;1-3-2/h6-10H,1-2,11H2,3-5H3;3H2,1-2H3/b14-8+;. The van der Waals surface area contributed by atoms with Crippen LogP contribution in [0.4, 0.5) is 0 Å². The fourth-order valence-electron chi connectivity index (χ4n) is 2.45. The number of ether oxygens (including phenoxy) is 1. The predicted octanol–water partition coefficient (Wildman–Crippen LogP) is 6.35. The van der Waals surface area contributed by atoms with E-state index in [0.29, 0.717) is 0 Å². The molecule has 0 bridgehead atoms. The van der Waals surface area contributed by atoms with Gasteiger partial charge in [-0.2, -0.15) is 0 Å². The van der Waals surface area contributed by atoms with Gasteiger partial charge in [0, 0.05) is 12.0 Å². The van der Waals surface area contributed by atoms with Crippen LogP contribution in [-0.2, 0) is 0 Å². The van der Waals surface area contributed by atoms with Gasteiger partial charge < -0.3 is 4.74 Å². The third-order valence-electron chi connectivity index (χ3n) is 3.32. The van der Waals surface area contributed by atoms with Crippen molar-refractivity contribution in [1.82, 2.24) is 0 Å². The summed E-state index contributed by atoms with van der Waals surface area (Å²) in [4.78, 5) is 0. The van der Waals surface area contributed by atoms with Gasteiger partial charge in [-0.1, -0.05) is 51.7 Å². The van der Waals surface area contributed by atoms with Crippen LogP contribution < -0.4 is 4.74 Å². The summed E-state index contributed by atoms with van der Waals surface area (Å²) in [5.41, 5.74) is 4.53. The minimum Gasteiger partial charge on any atom is -0.487 e. The number of rotatable bonds is 2. The maximum Gasteiger partial charge on any atom is 0.128 e. The molecule has 0 atom stereocenters. The van der Waals surface area contributed by atoms with E-state index in [0.717, 1.165) is 23.3 Å². The lowest BCUT2D eigenvalue weighted by Crippen LogP contribution is -2.32. The van der Waals surface area contributed by atoms with Crippen LogP contribution in [0, 0.1) is 0 Å². The lowest BCUT2D eigenvalue weighted by Gasteiger charge is -2.34. The van der Waals surface area contributed by atoms with Crippen molar-refractivity contribution in [2.75, 3.05) is 0 Å². The first-order valence-corrected chi connectivity index (χ1v) is 7.69. The van der Waals surface area contributed by atoms with Crippen LogP contribution in [0.1, 0.15) is 64.2 Å². The predicted molar refractivity (Wildman–Crippen MR) is 95.6 cm³/mol. The summed E-state index contributed by atoms with van der Waals surface area (Å²) >= 11 is 0. The van der Waals surface area contributed by atoms with Crippen molar-refractivity contribution >= 4 is 17.7 Å². The highest BCUT2D eigenvalue weighted by atomic mass is 16.5. The Morgan fingerprint density at radius 3 is 2.14 bits per heavy atom. The van der Waals surface area contributed by atoms with Crippen LogP contribution in [0.25, 0.3) is 17.7 Å². The molecule has 1 aromatic rings. The second kappa shape index (κ2) is 7.31. The fraction of sp³-hybridized carbons (Fsp3) is 0.400. The molecule has 0 amide bonds. The number of hydrogen-bond acceptors (Lipinski definition) is 1. The summed E-state index contributed by atoms with van der Waals surface area (Å²) < 4.78 is 6.07. The van der Waals surface area contributed by atoms with Crippen molar-refractivity contribution in [2.24, 2.45) is 0 Å². The van der Waals surface area contributed by atoms with E-state index in [1.165, 1.54) is 17.6 Å². The highest BCUT2D eigenvalue weighted by Crippen LogP contribution is 2.41. The average molecular weight is 284 g/mol. The van der Waals surface area contributed by atoms with Crippen molar-refractivity contribution in [3.05, 3.63) is 48.1 Å². The molecule has 0 aromatic heterocycles. The minimum absolute atomic E-state index is 0.150. The Bertz CT molecular complexity index is 547. The molecule has 1 aliphatic rings. The van der Waals surface area contributed by atoms with Crippen LogP contribution in [0.5, 0.6) is 5.75 Å². The van der Waals surface area contributed by atoms with Crippen LogP contribution in [0.15, 0.2) is 31.4 Å². The lowest BCUT2D eigenvalue weighted by atomic mass is 9.87. The van der Waals surface area contributed by atoms with Gasteiger partial charge in [0.05, 0.1) is 0 Å². The first-order valence-electron chi connectivity index (χ1n) is 7.69. The third kappa shape index (κ3) is 4.10. The summed E-state index contributed by atoms with van der Waals surface area (Å²) in [6, 6.07) is 4.20. The van der Waals surface area contributed by atoms with Crippen molar-refractivity contribution in [3.63, 3.8) is 0 Å². The van der Waals surface area contributed by atoms with Gasteiger partial charge in [-0.15, -0.1) is 0 Å². The molecule has 1 aromatic carbocycles. The van der Waals surface area contributed by atoms with E-state index in [-0.39, 0.29) is 5.60 Å². The Kier molecular flexibility index (Phi) is 6.02. The Labute approximate surface area is 130 Å². The summed E-state index contributed by atoms with van der Waals surface area (Å²) in [7, 11) is 0. The monoisotopic (exact) mass is 284 g/mol. The molecule has 0 saturated heterocycles. The van der Waals surface area contributed by atoms with Crippen molar-refractivity contribution in [1.29, 1.82) is 0 Å². The van der Waals surface area contributed by atoms with Crippen LogP contribution in [-0.4, -0.2) is 5.60 Å². The molecule has 0 saturated carbocycles. The van der Waals surface area contributed by atoms with E-state index in [4.69, 9.17) is 4.74 Å². The van der Waals surface area contributed by atoms with Crippen molar-refractivity contribution in [2.45, 2.75) is 53.1 Å². The second-order valence-electron chi connectivity index (χ2n) is 5.95. The smallest absolute Gasteiger partial charge is 0.128 e. The van der Waals surface area contributed by atoms with Gasteiger partial charge in [-0.05, 0) is 49.6 Å². The van der Waals surface area contributed by atoms with Crippen LogP contribution >= 0.6 is 0 Å².